The van der Waals surface area contributed by atoms with Gasteiger partial charge in [0.1, 0.15) is 11.4 Å². The second-order valence-electron chi connectivity index (χ2n) is 7.60. The van der Waals surface area contributed by atoms with E-state index < -0.39 is 33.1 Å². The molecule has 7 nitrogen and oxygen atoms in total. The van der Waals surface area contributed by atoms with E-state index in [1.807, 2.05) is 0 Å². The summed E-state index contributed by atoms with van der Waals surface area (Å²) in [4.78, 5) is 18.2. The number of aliphatic imine (C=N–C) groups is 1. The number of halogens is 1. The third kappa shape index (κ3) is 2.97. The number of carbonyl (C=O) groups excluding carboxylic acids is 1. The molecule has 0 spiro atoms. The summed E-state index contributed by atoms with van der Waals surface area (Å²) in [5.41, 5.74) is 5.85. The first-order chi connectivity index (χ1) is 14.0. The number of fused-ring (bicyclic) bond motifs is 1. The second kappa shape index (κ2) is 6.66. The van der Waals surface area contributed by atoms with Gasteiger partial charge in [-0.25, -0.2) is 17.8 Å². The van der Waals surface area contributed by atoms with Crippen LogP contribution in [0.25, 0.3) is 0 Å². The molecule has 156 valence electrons. The molecule has 9 heteroatoms. The number of benzene rings is 2. The molecule has 2 heterocycles. The van der Waals surface area contributed by atoms with E-state index in [2.05, 4.69) is 16.9 Å². The molecule has 0 fully saturated rings. The van der Waals surface area contributed by atoms with Crippen LogP contribution in [0.5, 0.6) is 0 Å². The highest BCUT2D eigenvalue weighted by molar-refractivity contribution is 7.91. The molecule has 2 atom stereocenters. The fourth-order valence-corrected chi connectivity index (χ4v) is 5.60. The zero-order chi connectivity index (χ0) is 21.8. The number of nitrogens with two attached hydrogens (primary N) is 1. The molecule has 0 saturated heterocycles. The number of anilines is 1. The van der Waals surface area contributed by atoms with E-state index >= 15 is 0 Å². The van der Waals surface area contributed by atoms with Gasteiger partial charge in [0, 0.05) is 23.9 Å². The van der Waals surface area contributed by atoms with Crippen LogP contribution >= 0.6 is 0 Å². The van der Waals surface area contributed by atoms with Gasteiger partial charge in [0.15, 0.2) is 15.8 Å². The standard InChI is InChI=1S/C21H21FN4O3S/c1-12-19(27)26(3)20(23)25-21(12,2)15-10-13(8-9-16(15)22)24-17-11-30(28,29)18-7-5-4-6-14(17)18/h4-10,17,24H,1,11H2,2-3H3,(H2,23,25)/t17?,21-/m0/s1. The Hall–Kier alpha value is -3.20. The Balaban J connectivity index is 1.74. The van der Waals surface area contributed by atoms with Gasteiger partial charge in [-0.15, -0.1) is 0 Å². The summed E-state index contributed by atoms with van der Waals surface area (Å²) in [6, 6.07) is 10.6. The number of nitrogens with zero attached hydrogens (tertiary/aromatic N) is 2. The van der Waals surface area contributed by atoms with Crippen LogP contribution in [0.1, 0.15) is 24.1 Å². The SMILES string of the molecule is C=C1C(=O)N(C)C(N)=N[C@]1(C)c1cc(NC2CS(=O)(=O)c3ccccc32)ccc1F. The maximum Gasteiger partial charge on any atom is 0.258 e. The highest BCUT2D eigenvalue weighted by Crippen LogP contribution is 2.40. The lowest BCUT2D eigenvalue weighted by atomic mass is 9.83. The minimum Gasteiger partial charge on any atom is -0.377 e. The Morgan fingerprint density at radius 1 is 1.30 bits per heavy atom. The number of sulfone groups is 1. The van der Waals surface area contributed by atoms with E-state index in [-0.39, 0.29) is 22.8 Å². The first-order valence-corrected chi connectivity index (χ1v) is 10.9. The lowest BCUT2D eigenvalue weighted by molar-refractivity contribution is -0.123. The van der Waals surface area contributed by atoms with Crippen molar-refractivity contribution in [1.29, 1.82) is 0 Å². The van der Waals surface area contributed by atoms with Crippen LogP contribution in [0.15, 0.2) is 64.5 Å². The second-order valence-corrected chi connectivity index (χ2v) is 9.60. The van der Waals surface area contributed by atoms with Crippen molar-refractivity contribution in [1.82, 2.24) is 4.90 Å². The molecule has 4 rings (SSSR count). The Labute approximate surface area is 174 Å². The first kappa shape index (κ1) is 20.1. The summed E-state index contributed by atoms with van der Waals surface area (Å²) in [7, 11) is -1.92. The molecule has 0 radical (unpaired) electrons. The van der Waals surface area contributed by atoms with E-state index in [1.54, 1.807) is 31.2 Å². The average molecular weight is 428 g/mol. The molecule has 2 aliphatic rings. The molecule has 2 aromatic rings. The highest BCUT2D eigenvalue weighted by Gasteiger charge is 2.42. The van der Waals surface area contributed by atoms with Crippen LogP contribution in [0, 0.1) is 5.82 Å². The molecule has 0 bridgehead atoms. The number of carbonyl (C=O) groups is 1. The largest absolute Gasteiger partial charge is 0.377 e. The van der Waals surface area contributed by atoms with Crippen molar-refractivity contribution in [2.45, 2.75) is 23.4 Å². The fourth-order valence-electron chi connectivity index (χ4n) is 3.87. The fraction of sp³-hybridized carbons (Fsp3) is 0.238. The number of nitrogens with one attached hydrogen (secondary N) is 1. The van der Waals surface area contributed by atoms with Gasteiger partial charge in [-0.2, -0.15) is 0 Å². The molecule has 0 aliphatic carbocycles. The smallest absolute Gasteiger partial charge is 0.258 e. The van der Waals surface area contributed by atoms with Crippen molar-refractivity contribution < 1.29 is 17.6 Å². The van der Waals surface area contributed by atoms with Crippen LogP contribution in [0.4, 0.5) is 10.1 Å². The van der Waals surface area contributed by atoms with Crippen LogP contribution in [-0.2, 0) is 20.2 Å². The third-order valence-electron chi connectivity index (χ3n) is 5.68. The summed E-state index contributed by atoms with van der Waals surface area (Å²) >= 11 is 0. The highest BCUT2D eigenvalue weighted by atomic mass is 32.2. The maximum atomic E-state index is 14.8. The summed E-state index contributed by atoms with van der Waals surface area (Å²) in [5.74, 6) is -1.16. The van der Waals surface area contributed by atoms with Crippen molar-refractivity contribution >= 4 is 27.4 Å². The van der Waals surface area contributed by atoms with Crippen molar-refractivity contribution in [2.24, 2.45) is 10.7 Å². The average Bonchev–Trinajstić information content (AvgIpc) is 2.96. The van der Waals surface area contributed by atoms with Gasteiger partial charge in [-0.05, 0) is 36.8 Å². The zero-order valence-electron chi connectivity index (χ0n) is 16.5. The van der Waals surface area contributed by atoms with Crippen LogP contribution in [0.3, 0.4) is 0 Å². The van der Waals surface area contributed by atoms with Crippen LogP contribution in [0.2, 0.25) is 0 Å². The predicted octanol–water partition coefficient (Wildman–Crippen LogP) is 2.32. The van der Waals surface area contributed by atoms with Gasteiger partial charge >= 0.3 is 0 Å². The topological polar surface area (TPSA) is 105 Å². The van der Waals surface area contributed by atoms with E-state index in [0.29, 0.717) is 16.1 Å². The summed E-state index contributed by atoms with van der Waals surface area (Å²) < 4.78 is 39.7. The van der Waals surface area contributed by atoms with Gasteiger partial charge in [0.2, 0.25) is 0 Å². The Morgan fingerprint density at radius 2 is 2.00 bits per heavy atom. The molecule has 2 aliphatic heterocycles. The molecule has 30 heavy (non-hydrogen) atoms. The minimum absolute atomic E-state index is 0.0384. The number of guanidine groups is 1. The normalized spacial score (nSPS) is 25.1. The van der Waals surface area contributed by atoms with Crippen molar-refractivity contribution in [2.75, 3.05) is 18.1 Å². The van der Waals surface area contributed by atoms with E-state index in [0.717, 1.165) is 4.90 Å². The predicted molar refractivity (Wildman–Crippen MR) is 112 cm³/mol. The molecule has 3 N–H and O–H groups in total. The lowest BCUT2D eigenvalue weighted by Crippen LogP contribution is -2.49. The van der Waals surface area contributed by atoms with Gasteiger partial charge in [0.05, 0.1) is 16.7 Å². The summed E-state index contributed by atoms with van der Waals surface area (Å²) in [6.07, 6.45) is 0. The number of amides is 1. The van der Waals surface area contributed by atoms with Gasteiger partial charge in [0.25, 0.3) is 5.91 Å². The van der Waals surface area contributed by atoms with Crippen LogP contribution < -0.4 is 11.1 Å². The molecule has 2 aromatic carbocycles. The molecular formula is C21H21FN4O3S. The molecule has 1 unspecified atom stereocenters. The van der Waals surface area contributed by atoms with Gasteiger partial charge in [-0.1, -0.05) is 24.8 Å². The zero-order valence-corrected chi connectivity index (χ0v) is 17.3. The Morgan fingerprint density at radius 3 is 2.73 bits per heavy atom. The first-order valence-electron chi connectivity index (χ1n) is 9.25. The van der Waals surface area contributed by atoms with Gasteiger partial charge in [-0.3, -0.25) is 9.69 Å². The van der Waals surface area contributed by atoms with E-state index in [9.17, 15) is 17.6 Å². The molecule has 0 aromatic heterocycles. The number of hydrogen-bond acceptors (Lipinski definition) is 6. The molecule has 1 amide bonds. The maximum absolute atomic E-state index is 14.8. The summed E-state index contributed by atoms with van der Waals surface area (Å²) in [6.45, 7) is 5.39. The monoisotopic (exact) mass is 428 g/mol. The Kier molecular flexibility index (Phi) is 4.46. The number of likely N-dealkylation sites (N-methyl/N-ethyl adjacent to an activating group) is 1. The van der Waals surface area contributed by atoms with E-state index in [4.69, 9.17) is 5.73 Å². The molecule has 0 saturated carbocycles. The lowest BCUT2D eigenvalue weighted by Gasteiger charge is -2.35. The van der Waals surface area contributed by atoms with Crippen LogP contribution in [-0.4, -0.2) is 38.0 Å². The van der Waals surface area contributed by atoms with Crippen molar-refractivity contribution in [3.05, 3.63) is 71.6 Å². The quantitative estimate of drug-likeness (QED) is 0.730. The summed E-state index contributed by atoms with van der Waals surface area (Å²) in [5, 5.41) is 3.17. The Bertz CT molecular complexity index is 1220. The van der Waals surface area contributed by atoms with Crippen molar-refractivity contribution in [3.8, 4) is 0 Å². The number of rotatable bonds is 3. The third-order valence-corrected chi connectivity index (χ3v) is 7.49. The van der Waals surface area contributed by atoms with Gasteiger partial charge < -0.3 is 11.1 Å². The minimum atomic E-state index is -3.39. The number of hydrogen-bond donors (Lipinski definition) is 2. The van der Waals surface area contributed by atoms with Crippen molar-refractivity contribution in [3.63, 3.8) is 0 Å². The van der Waals surface area contributed by atoms with E-state index in [1.165, 1.54) is 25.2 Å². The molecular weight excluding hydrogens is 407 g/mol.